The summed E-state index contributed by atoms with van der Waals surface area (Å²) in [4.78, 5) is 15.3. The number of likely N-dealkylation sites (tertiary alicyclic amines) is 1. The van der Waals surface area contributed by atoms with Gasteiger partial charge in [0.25, 0.3) is 0 Å². The maximum absolute atomic E-state index is 13.3. The van der Waals surface area contributed by atoms with E-state index in [1.807, 2.05) is 23.1 Å². The highest BCUT2D eigenvalue weighted by Crippen LogP contribution is 2.36. The first kappa shape index (κ1) is 21.3. The van der Waals surface area contributed by atoms with Crippen LogP contribution in [0.3, 0.4) is 0 Å². The number of aromatic nitrogens is 1. The molecular weight excluding hydrogens is 408 g/mol. The summed E-state index contributed by atoms with van der Waals surface area (Å²) in [6, 6.07) is 27.2. The van der Waals surface area contributed by atoms with Gasteiger partial charge in [0.2, 0.25) is 5.91 Å². The fourth-order valence-electron chi connectivity index (χ4n) is 4.98. The second-order valence-electron chi connectivity index (χ2n) is 8.83. The quantitative estimate of drug-likeness (QED) is 0.363. The number of nitrogens with zero attached hydrogens (tertiary/aromatic N) is 2. The topological polar surface area (TPSA) is 34.5 Å². The molecule has 1 saturated heterocycles. The Balaban J connectivity index is 1.57. The van der Waals surface area contributed by atoms with E-state index in [1.54, 1.807) is 7.11 Å². The van der Waals surface area contributed by atoms with Crippen molar-refractivity contribution < 1.29 is 9.53 Å². The standard InChI is InChI=1S/C29H30N2O2/c1-33-24-15-13-23(14-16-24)26(19-29(32)30-17-7-8-18-30)27-21-31(20-22-9-3-2-4-10-22)28-12-6-5-11-25(27)28/h2-6,9-16,21,26H,7-8,17-20H2,1H3/t26-/m0/s1. The molecule has 5 rings (SSSR count). The lowest BCUT2D eigenvalue weighted by molar-refractivity contribution is -0.130. The van der Waals surface area contributed by atoms with Gasteiger partial charge in [-0.25, -0.2) is 0 Å². The molecule has 0 spiro atoms. The first-order chi connectivity index (χ1) is 16.2. The van der Waals surface area contributed by atoms with Gasteiger partial charge in [-0.15, -0.1) is 0 Å². The van der Waals surface area contributed by atoms with E-state index in [9.17, 15) is 4.79 Å². The molecule has 0 saturated carbocycles. The third-order valence-corrected chi connectivity index (χ3v) is 6.75. The first-order valence-electron chi connectivity index (χ1n) is 11.8. The van der Waals surface area contributed by atoms with E-state index >= 15 is 0 Å². The van der Waals surface area contributed by atoms with Crippen molar-refractivity contribution in [3.63, 3.8) is 0 Å². The van der Waals surface area contributed by atoms with Gasteiger partial charge in [0.05, 0.1) is 7.11 Å². The van der Waals surface area contributed by atoms with Gasteiger partial charge in [-0.1, -0.05) is 60.7 Å². The molecule has 0 N–H and O–H groups in total. The molecule has 3 aromatic carbocycles. The number of hydrogen-bond acceptors (Lipinski definition) is 2. The fourth-order valence-corrected chi connectivity index (χ4v) is 4.98. The molecule has 1 aromatic heterocycles. The maximum Gasteiger partial charge on any atom is 0.223 e. The Bertz CT molecular complexity index is 1220. The predicted octanol–water partition coefficient (Wildman–Crippen LogP) is 5.84. The summed E-state index contributed by atoms with van der Waals surface area (Å²) in [5.41, 5.74) is 4.81. The number of hydrogen-bond donors (Lipinski definition) is 0. The largest absolute Gasteiger partial charge is 0.497 e. The van der Waals surface area contributed by atoms with Crippen molar-refractivity contribution >= 4 is 16.8 Å². The van der Waals surface area contributed by atoms with E-state index in [-0.39, 0.29) is 11.8 Å². The number of rotatable bonds is 7. The second-order valence-corrected chi connectivity index (χ2v) is 8.83. The number of methoxy groups -OCH3 is 1. The van der Waals surface area contributed by atoms with Crippen LogP contribution in [0, 0.1) is 0 Å². The molecule has 0 aliphatic carbocycles. The summed E-state index contributed by atoms with van der Waals surface area (Å²) in [5, 5.41) is 1.21. The monoisotopic (exact) mass is 438 g/mol. The Morgan fingerprint density at radius 3 is 2.33 bits per heavy atom. The number of amides is 1. The molecule has 1 aliphatic rings. The lowest BCUT2D eigenvalue weighted by Crippen LogP contribution is -2.29. The Morgan fingerprint density at radius 2 is 1.61 bits per heavy atom. The van der Waals surface area contributed by atoms with E-state index in [1.165, 1.54) is 22.0 Å². The highest BCUT2D eigenvalue weighted by Gasteiger charge is 2.26. The van der Waals surface area contributed by atoms with Crippen LogP contribution in [0.4, 0.5) is 0 Å². The van der Waals surface area contributed by atoms with Crippen molar-refractivity contribution in [2.24, 2.45) is 0 Å². The molecule has 4 nitrogen and oxygen atoms in total. The van der Waals surface area contributed by atoms with E-state index in [4.69, 9.17) is 4.74 Å². The number of para-hydroxylation sites is 1. The number of carbonyl (C=O) groups excluding carboxylic acids is 1. The van der Waals surface area contributed by atoms with Crippen molar-refractivity contribution in [2.75, 3.05) is 20.2 Å². The molecule has 1 atom stereocenters. The van der Waals surface area contributed by atoms with Crippen LogP contribution >= 0.6 is 0 Å². The van der Waals surface area contributed by atoms with Crippen LogP contribution in [-0.4, -0.2) is 35.6 Å². The number of benzene rings is 3. The SMILES string of the molecule is COc1ccc([C@H](CC(=O)N2CCCC2)c2cn(Cc3ccccc3)c3ccccc23)cc1. The van der Waals surface area contributed by atoms with Gasteiger partial charge in [-0.3, -0.25) is 4.79 Å². The van der Waals surface area contributed by atoms with E-state index in [0.717, 1.165) is 43.8 Å². The molecule has 4 aromatic rings. The maximum atomic E-state index is 13.3. The molecule has 1 fully saturated rings. The Kier molecular flexibility index (Phi) is 6.16. The van der Waals surface area contributed by atoms with Gasteiger partial charge in [0.15, 0.2) is 0 Å². The van der Waals surface area contributed by atoms with Crippen LogP contribution in [0.2, 0.25) is 0 Å². The number of fused-ring (bicyclic) bond motifs is 1. The zero-order valence-electron chi connectivity index (χ0n) is 19.1. The number of carbonyl (C=O) groups is 1. The number of ether oxygens (including phenoxy) is 1. The molecule has 0 bridgehead atoms. The lowest BCUT2D eigenvalue weighted by Gasteiger charge is -2.21. The summed E-state index contributed by atoms with van der Waals surface area (Å²) in [6.07, 6.45) is 4.94. The van der Waals surface area contributed by atoms with E-state index in [0.29, 0.717) is 6.42 Å². The van der Waals surface area contributed by atoms with E-state index in [2.05, 4.69) is 71.4 Å². The molecule has 168 valence electrons. The van der Waals surface area contributed by atoms with Crippen molar-refractivity contribution in [3.8, 4) is 5.75 Å². The summed E-state index contributed by atoms with van der Waals surface area (Å²) in [6.45, 7) is 2.56. The van der Waals surface area contributed by atoms with Crippen molar-refractivity contribution in [3.05, 3.63) is 102 Å². The predicted molar refractivity (Wildman–Crippen MR) is 133 cm³/mol. The summed E-state index contributed by atoms with van der Waals surface area (Å²) in [5.74, 6) is 1.06. The smallest absolute Gasteiger partial charge is 0.223 e. The highest BCUT2D eigenvalue weighted by molar-refractivity contribution is 5.87. The van der Waals surface area contributed by atoms with Crippen LogP contribution in [0.15, 0.2) is 85.1 Å². The van der Waals surface area contributed by atoms with Crippen LogP contribution in [0.1, 0.15) is 41.9 Å². The molecule has 0 unspecified atom stereocenters. The van der Waals surface area contributed by atoms with Crippen LogP contribution in [0.25, 0.3) is 10.9 Å². The van der Waals surface area contributed by atoms with Crippen LogP contribution in [-0.2, 0) is 11.3 Å². The van der Waals surface area contributed by atoms with Gasteiger partial charge in [-0.2, -0.15) is 0 Å². The average Bonchev–Trinajstić information content (AvgIpc) is 3.53. The third kappa shape index (κ3) is 4.51. The molecular formula is C29H30N2O2. The van der Waals surface area contributed by atoms with Gasteiger partial charge in [0, 0.05) is 49.1 Å². The van der Waals surface area contributed by atoms with Gasteiger partial charge >= 0.3 is 0 Å². The lowest BCUT2D eigenvalue weighted by atomic mass is 9.87. The summed E-state index contributed by atoms with van der Waals surface area (Å²) >= 11 is 0. The minimum Gasteiger partial charge on any atom is -0.497 e. The minimum atomic E-state index is -0.00840. The van der Waals surface area contributed by atoms with Crippen LogP contribution in [0.5, 0.6) is 5.75 Å². The van der Waals surface area contributed by atoms with Crippen molar-refractivity contribution in [2.45, 2.75) is 31.7 Å². The zero-order valence-corrected chi connectivity index (χ0v) is 19.1. The highest BCUT2D eigenvalue weighted by atomic mass is 16.5. The van der Waals surface area contributed by atoms with Crippen molar-refractivity contribution in [1.29, 1.82) is 0 Å². The molecule has 33 heavy (non-hydrogen) atoms. The second kappa shape index (κ2) is 9.53. The van der Waals surface area contributed by atoms with E-state index < -0.39 is 0 Å². The minimum absolute atomic E-state index is 0.00840. The first-order valence-corrected chi connectivity index (χ1v) is 11.8. The average molecular weight is 439 g/mol. The summed E-state index contributed by atoms with van der Waals surface area (Å²) in [7, 11) is 1.68. The Morgan fingerprint density at radius 1 is 0.909 bits per heavy atom. The Labute approximate surface area is 195 Å². The molecule has 1 amide bonds. The molecule has 1 aliphatic heterocycles. The zero-order chi connectivity index (χ0) is 22.6. The van der Waals surface area contributed by atoms with Crippen LogP contribution < -0.4 is 4.74 Å². The van der Waals surface area contributed by atoms with Gasteiger partial charge in [-0.05, 0) is 47.7 Å². The third-order valence-electron chi connectivity index (χ3n) is 6.75. The molecule has 0 radical (unpaired) electrons. The molecule has 4 heteroatoms. The Hall–Kier alpha value is -3.53. The van der Waals surface area contributed by atoms with Crippen molar-refractivity contribution in [1.82, 2.24) is 9.47 Å². The van der Waals surface area contributed by atoms with Gasteiger partial charge < -0.3 is 14.2 Å². The van der Waals surface area contributed by atoms with Gasteiger partial charge in [0.1, 0.15) is 5.75 Å². The fraction of sp³-hybridized carbons (Fsp3) is 0.276. The normalized spacial score (nSPS) is 14.5. The summed E-state index contributed by atoms with van der Waals surface area (Å²) < 4.78 is 7.69. The molecule has 2 heterocycles.